The van der Waals surface area contributed by atoms with Crippen LogP contribution in [0.2, 0.25) is 0 Å². The van der Waals surface area contributed by atoms with Crippen molar-refractivity contribution in [3.8, 4) is 0 Å². The Balaban J connectivity index is 2.04. The van der Waals surface area contributed by atoms with Crippen LogP contribution in [0.15, 0.2) is 72.9 Å². The van der Waals surface area contributed by atoms with E-state index in [4.69, 9.17) is 9.84 Å². The molecule has 1 heterocycles. The van der Waals surface area contributed by atoms with Crippen molar-refractivity contribution in [2.24, 2.45) is 0 Å². The molecule has 0 radical (unpaired) electrons. The lowest BCUT2D eigenvalue weighted by molar-refractivity contribution is -0.136. The monoisotopic (exact) mass is 342 g/mol. The number of rotatable bonds is 13. The molecule has 1 rings (SSSR count). The molecular formula is C22H30O3. The highest BCUT2D eigenvalue weighted by Crippen LogP contribution is 2.26. The number of carbonyl (C=O) groups is 1. The van der Waals surface area contributed by atoms with Gasteiger partial charge in [0.05, 0.1) is 6.10 Å². The maximum Gasteiger partial charge on any atom is 0.303 e. The fourth-order valence-electron chi connectivity index (χ4n) is 2.14. The van der Waals surface area contributed by atoms with E-state index in [0.29, 0.717) is 12.5 Å². The number of ether oxygens (including phenoxy) is 1. The summed E-state index contributed by atoms with van der Waals surface area (Å²) >= 11 is 0. The molecule has 1 aliphatic heterocycles. The summed E-state index contributed by atoms with van der Waals surface area (Å²) in [4.78, 5) is 10.3. The molecule has 1 N–H and O–H groups in total. The molecule has 0 saturated carbocycles. The maximum absolute atomic E-state index is 10.3. The molecule has 3 heteroatoms. The minimum absolute atomic E-state index is 0.195. The molecule has 2 unspecified atom stereocenters. The normalized spacial score (nSPS) is 21.2. The molecule has 136 valence electrons. The van der Waals surface area contributed by atoms with Gasteiger partial charge < -0.3 is 9.84 Å². The van der Waals surface area contributed by atoms with Gasteiger partial charge in [-0.25, -0.2) is 0 Å². The van der Waals surface area contributed by atoms with Crippen molar-refractivity contribution >= 4 is 5.97 Å². The van der Waals surface area contributed by atoms with Crippen molar-refractivity contribution in [3.05, 3.63) is 72.9 Å². The summed E-state index contributed by atoms with van der Waals surface area (Å²) in [7, 11) is 0. The summed E-state index contributed by atoms with van der Waals surface area (Å²) < 4.78 is 5.59. The zero-order valence-corrected chi connectivity index (χ0v) is 15.1. The van der Waals surface area contributed by atoms with E-state index >= 15 is 0 Å². The number of epoxide rings is 1. The maximum atomic E-state index is 10.3. The smallest absolute Gasteiger partial charge is 0.303 e. The van der Waals surface area contributed by atoms with Gasteiger partial charge in [-0.05, 0) is 32.1 Å². The molecule has 1 saturated heterocycles. The molecule has 0 aromatic carbocycles. The molecule has 0 bridgehead atoms. The summed E-state index contributed by atoms with van der Waals surface area (Å²) in [6, 6.07) is 0. The first kappa shape index (κ1) is 20.9. The Labute approximate surface area is 151 Å². The molecule has 1 aliphatic rings. The molecule has 1 fully saturated rings. The van der Waals surface area contributed by atoms with Crippen molar-refractivity contribution in [1.29, 1.82) is 0 Å². The molecule has 0 amide bonds. The van der Waals surface area contributed by atoms with Gasteiger partial charge in [0.1, 0.15) is 6.10 Å². The Morgan fingerprint density at radius 2 is 1.64 bits per heavy atom. The highest BCUT2D eigenvalue weighted by molar-refractivity contribution is 5.66. The van der Waals surface area contributed by atoms with Gasteiger partial charge in [-0.2, -0.15) is 0 Å². The number of hydrogen-bond donors (Lipinski definition) is 1. The first-order chi connectivity index (χ1) is 12.2. The van der Waals surface area contributed by atoms with Gasteiger partial charge in [0.2, 0.25) is 0 Å². The number of carboxylic acids is 1. The molecule has 0 spiro atoms. The Morgan fingerprint density at radius 3 is 2.44 bits per heavy atom. The number of aliphatic carboxylic acids is 1. The summed E-state index contributed by atoms with van der Waals surface area (Å²) in [5.41, 5.74) is 0. The molecule has 0 aromatic heterocycles. The van der Waals surface area contributed by atoms with Gasteiger partial charge in [0, 0.05) is 6.42 Å². The molecule has 0 aromatic rings. The summed E-state index contributed by atoms with van der Waals surface area (Å²) in [5, 5.41) is 8.50. The van der Waals surface area contributed by atoms with Crippen molar-refractivity contribution in [2.75, 3.05) is 0 Å². The summed E-state index contributed by atoms with van der Waals surface area (Å²) in [6.45, 7) is 2.14. The van der Waals surface area contributed by atoms with Gasteiger partial charge >= 0.3 is 5.97 Å². The van der Waals surface area contributed by atoms with Crippen LogP contribution < -0.4 is 0 Å². The van der Waals surface area contributed by atoms with Crippen LogP contribution in [-0.4, -0.2) is 23.3 Å². The second kappa shape index (κ2) is 14.2. The largest absolute Gasteiger partial charge is 0.481 e. The first-order valence-electron chi connectivity index (χ1n) is 9.06. The Kier molecular flexibility index (Phi) is 11.9. The standard InChI is InChI=1S/C22H30O3/c1-2-3-4-5-11-14-17-20-21(25-20)18-15-12-9-7-6-8-10-13-16-19-22(23)24/h3-4,6-7,9-15,18,20-21H,2,5,8,16-17,19H2,1H3,(H,23,24)/b4-3-,7-6-,12-9+,13-10-,14-11-,18-15+. The van der Waals surface area contributed by atoms with Crippen molar-refractivity contribution in [1.82, 2.24) is 0 Å². The van der Waals surface area contributed by atoms with E-state index in [1.54, 1.807) is 0 Å². The molecule has 25 heavy (non-hydrogen) atoms. The van der Waals surface area contributed by atoms with Gasteiger partial charge in [-0.3, -0.25) is 4.79 Å². The Hall–Kier alpha value is -2.13. The Morgan fingerprint density at radius 1 is 0.920 bits per heavy atom. The van der Waals surface area contributed by atoms with E-state index in [9.17, 15) is 4.79 Å². The fourth-order valence-corrected chi connectivity index (χ4v) is 2.14. The van der Waals surface area contributed by atoms with E-state index in [1.165, 1.54) is 0 Å². The predicted molar refractivity (Wildman–Crippen MR) is 105 cm³/mol. The molecule has 0 aliphatic carbocycles. The van der Waals surface area contributed by atoms with E-state index in [-0.39, 0.29) is 12.5 Å². The van der Waals surface area contributed by atoms with Crippen LogP contribution in [0.1, 0.15) is 45.4 Å². The molecule has 3 nitrogen and oxygen atoms in total. The van der Waals surface area contributed by atoms with Crippen molar-refractivity contribution in [2.45, 2.75) is 57.7 Å². The molecule has 2 atom stereocenters. The highest BCUT2D eigenvalue weighted by Gasteiger charge is 2.34. The third kappa shape index (κ3) is 12.9. The average molecular weight is 342 g/mol. The third-order valence-corrected chi connectivity index (χ3v) is 3.57. The number of hydrogen-bond acceptors (Lipinski definition) is 2. The third-order valence-electron chi connectivity index (χ3n) is 3.57. The zero-order chi connectivity index (χ0) is 18.2. The lowest BCUT2D eigenvalue weighted by atomic mass is 10.2. The van der Waals surface area contributed by atoms with Gasteiger partial charge in [-0.15, -0.1) is 0 Å². The van der Waals surface area contributed by atoms with E-state index in [1.807, 2.05) is 42.5 Å². The van der Waals surface area contributed by atoms with Crippen LogP contribution in [0.25, 0.3) is 0 Å². The van der Waals surface area contributed by atoms with Gasteiger partial charge in [-0.1, -0.05) is 79.8 Å². The quantitative estimate of drug-likeness (QED) is 0.272. The van der Waals surface area contributed by atoms with Crippen LogP contribution in [0.5, 0.6) is 0 Å². The topological polar surface area (TPSA) is 49.8 Å². The minimum atomic E-state index is -0.753. The summed E-state index contributed by atoms with van der Waals surface area (Å²) in [6.07, 6.45) is 30.0. The highest BCUT2D eigenvalue weighted by atomic mass is 16.6. The van der Waals surface area contributed by atoms with Crippen LogP contribution in [0, 0.1) is 0 Å². The Bertz CT molecular complexity index is 535. The second-order valence-electron chi connectivity index (χ2n) is 5.80. The summed E-state index contributed by atoms with van der Waals surface area (Å²) in [5.74, 6) is -0.753. The predicted octanol–water partition coefficient (Wildman–Crippen LogP) is 5.54. The average Bonchev–Trinajstić information content (AvgIpc) is 3.34. The number of allylic oxidation sites excluding steroid dienone is 10. The second-order valence-corrected chi connectivity index (χ2v) is 5.80. The lowest BCUT2D eigenvalue weighted by Crippen LogP contribution is -1.91. The van der Waals surface area contributed by atoms with Crippen LogP contribution in [0.3, 0.4) is 0 Å². The lowest BCUT2D eigenvalue weighted by Gasteiger charge is -1.86. The van der Waals surface area contributed by atoms with Gasteiger partial charge in [0.25, 0.3) is 0 Å². The van der Waals surface area contributed by atoms with Crippen LogP contribution in [-0.2, 0) is 9.53 Å². The fraction of sp³-hybridized carbons (Fsp3) is 0.409. The van der Waals surface area contributed by atoms with Crippen molar-refractivity contribution < 1.29 is 14.6 Å². The van der Waals surface area contributed by atoms with Crippen LogP contribution in [0.4, 0.5) is 0 Å². The molecular weight excluding hydrogens is 312 g/mol. The van der Waals surface area contributed by atoms with Gasteiger partial charge in [0.15, 0.2) is 0 Å². The zero-order valence-electron chi connectivity index (χ0n) is 15.1. The minimum Gasteiger partial charge on any atom is -0.481 e. The van der Waals surface area contributed by atoms with Crippen molar-refractivity contribution in [3.63, 3.8) is 0 Å². The van der Waals surface area contributed by atoms with E-state index in [2.05, 4.69) is 37.3 Å². The van der Waals surface area contributed by atoms with E-state index < -0.39 is 5.97 Å². The number of carboxylic acid groups (broad SMARTS) is 1. The van der Waals surface area contributed by atoms with E-state index in [0.717, 1.165) is 25.7 Å². The SMILES string of the molecule is CC/C=C\C/C=C\CC1OC1/C=C/C=C/C=C\C/C=C\CCC(=O)O. The van der Waals surface area contributed by atoms with Crippen LogP contribution >= 0.6 is 0 Å². The first-order valence-corrected chi connectivity index (χ1v) is 9.06.